The number of methoxy groups -OCH3 is 1. The van der Waals surface area contributed by atoms with Gasteiger partial charge in [0.05, 0.1) is 12.7 Å². The minimum atomic E-state index is -0.579. The molecule has 1 aromatic heterocycles. The maximum absolute atomic E-state index is 9.71. The Morgan fingerprint density at radius 3 is 2.86 bits per heavy atom. The lowest BCUT2D eigenvalue weighted by Crippen LogP contribution is -2.24. The van der Waals surface area contributed by atoms with Crippen molar-refractivity contribution in [2.75, 3.05) is 38.8 Å². The molecule has 2 heterocycles. The zero-order valence-electron chi connectivity index (χ0n) is 11.8. The number of hydrogen-bond acceptors (Lipinski definition) is 6. The highest BCUT2D eigenvalue weighted by molar-refractivity contribution is 5.94. The molecule has 112 valence electrons. The summed E-state index contributed by atoms with van der Waals surface area (Å²) < 4.78 is 16.1. The van der Waals surface area contributed by atoms with Gasteiger partial charge in [-0.2, -0.15) is 0 Å². The molecular weight excluding hydrogens is 272 g/mol. The molecule has 1 aliphatic heterocycles. The summed E-state index contributed by atoms with van der Waals surface area (Å²) in [4.78, 5) is 4.33. The Labute approximate surface area is 122 Å². The first-order valence-electron chi connectivity index (χ1n) is 6.87. The molecule has 0 radical (unpaired) electrons. The predicted molar refractivity (Wildman–Crippen MR) is 79.1 cm³/mol. The van der Waals surface area contributed by atoms with E-state index in [1.807, 2.05) is 18.2 Å². The molecule has 2 N–H and O–H groups in total. The van der Waals surface area contributed by atoms with Crippen LogP contribution < -0.4 is 14.8 Å². The van der Waals surface area contributed by atoms with Crippen LogP contribution in [-0.4, -0.2) is 49.7 Å². The SMILES string of the molecule is COCC(O)CNc1nccc2cc3c(cc12)OCCO3. The van der Waals surface area contributed by atoms with E-state index in [1.54, 1.807) is 13.3 Å². The number of aliphatic hydroxyl groups is 1. The zero-order chi connectivity index (χ0) is 14.7. The van der Waals surface area contributed by atoms with E-state index >= 15 is 0 Å². The summed E-state index contributed by atoms with van der Waals surface area (Å²) in [5.41, 5.74) is 0. The highest BCUT2D eigenvalue weighted by Crippen LogP contribution is 2.36. The molecule has 6 heteroatoms. The van der Waals surface area contributed by atoms with E-state index < -0.39 is 6.10 Å². The van der Waals surface area contributed by atoms with E-state index in [1.165, 1.54) is 0 Å². The van der Waals surface area contributed by atoms with Crippen LogP contribution in [0.1, 0.15) is 0 Å². The summed E-state index contributed by atoms with van der Waals surface area (Å²) >= 11 is 0. The molecule has 6 nitrogen and oxygen atoms in total. The maximum atomic E-state index is 9.71. The quantitative estimate of drug-likeness (QED) is 0.868. The standard InChI is InChI=1S/C15H18N2O4/c1-19-9-11(18)8-17-15-12-7-14-13(20-4-5-21-14)6-10(12)2-3-16-15/h2-3,6-7,11,18H,4-5,8-9H2,1H3,(H,16,17). The van der Waals surface area contributed by atoms with Crippen LogP contribution in [0.4, 0.5) is 5.82 Å². The van der Waals surface area contributed by atoms with Gasteiger partial charge in [0.15, 0.2) is 11.5 Å². The topological polar surface area (TPSA) is 72.8 Å². The highest BCUT2D eigenvalue weighted by atomic mass is 16.6. The van der Waals surface area contributed by atoms with Crippen molar-refractivity contribution in [1.82, 2.24) is 4.98 Å². The first-order valence-corrected chi connectivity index (χ1v) is 6.87. The lowest BCUT2D eigenvalue weighted by molar-refractivity contribution is 0.0727. The van der Waals surface area contributed by atoms with E-state index in [0.717, 1.165) is 22.3 Å². The third kappa shape index (κ3) is 3.01. The van der Waals surface area contributed by atoms with E-state index in [0.29, 0.717) is 25.6 Å². The number of aromatic nitrogens is 1. The van der Waals surface area contributed by atoms with Gasteiger partial charge in [-0.1, -0.05) is 0 Å². The second-order valence-corrected chi connectivity index (χ2v) is 4.87. The average Bonchev–Trinajstić information content (AvgIpc) is 2.51. The summed E-state index contributed by atoms with van der Waals surface area (Å²) in [5, 5.41) is 14.8. The van der Waals surface area contributed by atoms with Crippen LogP contribution in [0.3, 0.4) is 0 Å². The largest absolute Gasteiger partial charge is 0.486 e. The van der Waals surface area contributed by atoms with Gasteiger partial charge in [0.1, 0.15) is 19.0 Å². The van der Waals surface area contributed by atoms with Crippen LogP contribution in [0.2, 0.25) is 0 Å². The van der Waals surface area contributed by atoms with Gasteiger partial charge in [-0.25, -0.2) is 4.98 Å². The summed E-state index contributed by atoms with van der Waals surface area (Å²) in [6.45, 7) is 1.77. The number of fused-ring (bicyclic) bond motifs is 2. The monoisotopic (exact) mass is 290 g/mol. The lowest BCUT2D eigenvalue weighted by atomic mass is 10.1. The molecule has 0 saturated carbocycles. The number of nitrogens with zero attached hydrogens (tertiary/aromatic N) is 1. The van der Waals surface area contributed by atoms with Crippen molar-refractivity contribution in [3.63, 3.8) is 0 Å². The number of pyridine rings is 1. The number of benzene rings is 1. The third-order valence-electron chi connectivity index (χ3n) is 3.29. The molecule has 0 aliphatic carbocycles. The molecule has 1 atom stereocenters. The van der Waals surface area contributed by atoms with Crippen molar-refractivity contribution in [3.8, 4) is 11.5 Å². The first kappa shape index (κ1) is 13.9. The van der Waals surface area contributed by atoms with Crippen LogP contribution >= 0.6 is 0 Å². The van der Waals surface area contributed by atoms with Gasteiger partial charge in [-0.15, -0.1) is 0 Å². The maximum Gasteiger partial charge on any atom is 0.162 e. The van der Waals surface area contributed by atoms with E-state index in [9.17, 15) is 5.11 Å². The predicted octanol–water partition coefficient (Wildman–Crippen LogP) is 1.43. The molecule has 1 aromatic carbocycles. The van der Waals surface area contributed by atoms with Crippen molar-refractivity contribution in [3.05, 3.63) is 24.4 Å². The summed E-state index contributed by atoms with van der Waals surface area (Å²) in [5.74, 6) is 2.19. The summed E-state index contributed by atoms with van der Waals surface area (Å²) in [7, 11) is 1.56. The molecule has 3 rings (SSSR count). The second kappa shape index (κ2) is 6.15. The van der Waals surface area contributed by atoms with Crippen molar-refractivity contribution < 1.29 is 19.3 Å². The van der Waals surface area contributed by atoms with Crippen molar-refractivity contribution in [1.29, 1.82) is 0 Å². The Kier molecular flexibility index (Phi) is 4.08. The fraction of sp³-hybridized carbons (Fsp3) is 0.400. The van der Waals surface area contributed by atoms with Gasteiger partial charge in [-0.05, 0) is 23.6 Å². The molecule has 0 fully saturated rings. The van der Waals surface area contributed by atoms with Gasteiger partial charge in [0.2, 0.25) is 0 Å². The number of nitrogens with one attached hydrogen (secondary N) is 1. The molecule has 2 aromatic rings. The lowest BCUT2D eigenvalue weighted by Gasteiger charge is -2.20. The Bertz CT molecular complexity index is 632. The fourth-order valence-corrected chi connectivity index (χ4v) is 2.32. The van der Waals surface area contributed by atoms with Gasteiger partial charge < -0.3 is 24.6 Å². The van der Waals surface area contributed by atoms with E-state index in [-0.39, 0.29) is 6.61 Å². The minimum Gasteiger partial charge on any atom is -0.486 e. The Morgan fingerprint density at radius 2 is 2.10 bits per heavy atom. The van der Waals surface area contributed by atoms with Crippen LogP contribution in [-0.2, 0) is 4.74 Å². The van der Waals surface area contributed by atoms with Crippen LogP contribution in [0.15, 0.2) is 24.4 Å². The van der Waals surface area contributed by atoms with Crippen molar-refractivity contribution >= 4 is 16.6 Å². The molecular formula is C15H18N2O4. The Hall–Kier alpha value is -2.05. The fourth-order valence-electron chi connectivity index (χ4n) is 2.32. The van der Waals surface area contributed by atoms with Gasteiger partial charge in [-0.3, -0.25) is 0 Å². The normalized spacial score (nSPS) is 15.0. The number of ether oxygens (including phenoxy) is 3. The Balaban J connectivity index is 1.88. The van der Waals surface area contributed by atoms with Crippen LogP contribution in [0.25, 0.3) is 10.8 Å². The highest BCUT2D eigenvalue weighted by Gasteiger charge is 2.15. The summed E-state index contributed by atoms with van der Waals surface area (Å²) in [6, 6.07) is 5.79. The molecule has 0 spiro atoms. The van der Waals surface area contributed by atoms with Crippen molar-refractivity contribution in [2.24, 2.45) is 0 Å². The molecule has 1 aliphatic rings. The van der Waals surface area contributed by atoms with Gasteiger partial charge in [0, 0.05) is 25.2 Å². The summed E-state index contributed by atoms with van der Waals surface area (Å²) in [6.07, 6.45) is 1.15. The van der Waals surface area contributed by atoms with Crippen LogP contribution in [0.5, 0.6) is 11.5 Å². The third-order valence-corrected chi connectivity index (χ3v) is 3.29. The Morgan fingerprint density at radius 1 is 1.33 bits per heavy atom. The molecule has 0 amide bonds. The minimum absolute atomic E-state index is 0.282. The second-order valence-electron chi connectivity index (χ2n) is 4.87. The van der Waals surface area contributed by atoms with Gasteiger partial charge in [0.25, 0.3) is 0 Å². The van der Waals surface area contributed by atoms with E-state index in [4.69, 9.17) is 14.2 Å². The van der Waals surface area contributed by atoms with Gasteiger partial charge >= 0.3 is 0 Å². The number of rotatable bonds is 5. The smallest absolute Gasteiger partial charge is 0.162 e. The molecule has 0 saturated heterocycles. The van der Waals surface area contributed by atoms with Crippen molar-refractivity contribution in [2.45, 2.75) is 6.10 Å². The van der Waals surface area contributed by atoms with E-state index in [2.05, 4.69) is 10.3 Å². The number of hydrogen-bond donors (Lipinski definition) is 2. The average molecular weight is 290 g/mol. The number of anilines is 1. The first-order chi connectivity index (χ1) is 10.3. The zero-order valence-corrected chi connectivity index (χ0v) is 11.8. The van der Waals surface area contributed by atoms with Crippen LogP contribution in [0, 0.1) is 0 Å². The molecule has 0 bridgehead atoms. The molecule has 21 heavy (non-hydrogen) atoms. The molecule has 1 unspecified atom stereocenters. The number of aliphatic hydroxyl groups excluding tert-OH is 1.